The third-order valence-electron chi connectivity index (χ3n) is 5.10. The Morgan fingerprint density at radius 1 is 1.21 bits per heavy atom. The first-order valence-electron chi connectivity index (χ1n) is 9.83. The highest BCUT2D eigenvalue weighted by molar-refractivity contribution is 7.19. The number of nitrogens with zero attached hydrogens (tertiary/aromatic N) is 2. The third kappa shape index (κ3) is 4.25. The zero-order valence-electron chi connectivity index (χ0n) is 16.9. The minimum absolute atomic E-state index is 0.0213. The van der Waals surface area contributed by atoms with Gasteiger partial charge in [-0.25, -0.2) is 9.78 Å². The Labute approximate surface area is 196 Å². The molecule has 0 spiro atoms. The van der Waals surface area contributed by atoms with Crippen molar-refractivity contribution in [1.82, 2.24) is 4.98 Å². The van der Waals surface area contributed by atoms with Gasteiger partial charge in [0, 0.05) is 28.6 Å². The highest BCUT2D eigenvalue weighted by atomic mass is 35.5. The van der Waals surface area contributed by atoms with Crippen LogP contribution in [0.25, 0.3) is 21.5 Å². The van der Waals surface area contributed by atoms with E-state index in [1.54, 1.807) is 18.2 Å². The van der Waals surface area contributed by atoms with E-state index in [2.05, 4.69) is 4.98 Å². The van der Waals surface area contributed by atoms with E-state index in [1.165, 1.54) is 23.5 Å². The molecule has 0 fully saturated rings. The molecule has 0 saturated carbocycles. The number of hydrogen-bond donors (Lipinski definition) is 0. The SMILES string of the molecule is O=C(OCc1cc([N+](=O)[O-])cc2c1OCOC2)c1cc(-c2ccc(Cl)s2)nc2ccccc12. The molecule has 0 unspecified atom stereocenters. The largest absolute Gasteiger partial charge is 0.467 e. The number of para-hydroxylation sites is 1. The molecule has 0 bridgehead atoms. The van der Waals surface area contributed by atoms with Crippen molar-refractivity contribution in [2.24, 2.45) is 0 Å². The molecule has 0 saturated heterocycles. The first kappa shape index (κ1) is 21.3. The van der Waals surface area contributed by atoms with Crippen molar-refractivity contribution in [3.8, 4) is 16.3 Å². The summed E-state index contributed by atoms with van der Waals surface area (Å²) in [5.74, 6) is -0.141. The average molecular weight is 483 g/mol. The van der Waals surface area contributed by atoms with Crippen LogP contribution in [-0.4, -0.2) is 22.7 Å². The number of esters is 1. The summed E-state index contributed by atoms with van der Waals surface area (Å²) in [7, 11) is 0. The van der Waals surface area contributed by atoms with Gasteiger partial charge >= 0.3 is 5.97 Å². The summed E-state index contributed by atoms with van der Waals surface area (Å²) >= 11 is 7.43. The molecule has 33 heavy (non-hydrogen) atoms. The van der Waals surface area contributed by atoms with Crippen molar-refractivity contribution in [3.05, 3.63) is 85.7 Å². The van der Waals surface area contributed by atoms with Crippen LogP contribution in [0.3, 0.4) is 0 Å². The summed E-state index contributed by atoms with van der Waals surface area (Å²) < 4.78 is 16.9. The summed E-state index contributed by atoms with van der Waals surface area (Å²) in [5, 5.41) is 12.0. The molecule has 5 rings (SSSR count). The van der Waals surface area contributed by atoms with Crippen LogP contribution in [0.1, 0.15) is 21.5 Å². The second-order valence-electron chi connectivity index (χ2n) is 7.21. The van der Waals surface area contributed by atoms with Gasteiger partial charge in [0.2, 0.25) is 0 Å². The maximum Gasteiger partial charge on any atom is 0.339 e. The van der Waals surface area contributed by atoms with E-state index < -0.39 is 10.9 Å². The van der Waals surface area contributed by atoms with E-state index >= 15 is 0 Å². The molecule has 0 aliphatic carbocycles. The highest BCUT2D eigenvalue weighted by Crippen LogP contribution is 2.35. The van der Waals surface area contributed by atoms with Crippen molar-refractivity contribution in [3.63, 3.8) is 0 Å². The first-order chi connectivity index (χ1) is 16.0. The molecule has 2 aromatic carbocycles. The summed E-state index contributed by atoms with van der Waals surface area (Å²) in [6, 6.07) is 15.3. The molecule has 4 aromatic rings. The molecular weight excluding hydrogens is 468 g/mol. The fourth-order valence-corrected chi connectivity index (χ4v) is 4.64. The number of rotatable bonds is 5. The number of carbonyl (C=O) groups excluding carboxylic acids is 1. The summed E-state index contributed by atoms with van der Waals surface area (Å²) in [5.41, 5.74) is 2.39. The molecule has 1 aliphatic rings. The molecule has 0 amide bonds. The van der Waals surface area contributed by atoms with Crippen molar-refractivity contribution in [2.75, 3.05) is 6.79 Å². The molecule has 0 radical (unpaired) electrons. The monoisotopic (exact) mass is 482 g/mol. The van der Waals surface area contributed by atoms with Gasteiger partial charge < -0.3 is 14.2 Å². The maximum atomic E-state index is 13.1. The number of carbonyl (C=O) groups is 1. The van der Waals surface area contributed by atoms with Crippen LogP contribution in [0.2, 0.25) is 4.34 Å². The zero-order chi connectivity index (χ0) is 22.9. The smallest absolute Gasteiger partial charge is 0.339 e. The Balaban J connectivity index is 1.49. The molecule has 1 aliphatic heterocycles. The maximum absolute atomic E-state index is 13.1. The standard InChI is InChI=1S/C23H15ClN2O6S/c24-21-6-5-20(33-21)19-9-17(16-3-1-2-4-18(16)25-19)23(27)31-11-14-8-15(26(28)29)7-13-10-30-12-32-22(13)14/h1-9H,10-12H2. The van der Waals surface area contributed by atoms with E-state index in [9.17, 15) is 14.9 Å². The van der Waals surface area contributed by atoms with Gasteiger partial charge in [-0.2, -0.15) is 0 Å². The predicted octanol–water partition coefficient (Wildman–Crippen LogP) is 5.75. The van der Waals surface area contributed by atoms with E-state index in [1.807, 2.05) is 24.3 Å². The van der Waals surface area contributed by atoms with E-state index in [-0.39, 0.29) is 25.7 Å². The quantitative estimate of drug-likeness (QED) is 0.203. The number of benzene rings is 2. The zero-order valence-corrected chi connectivity index (χ0v) is 18.5. The Morgan fingerprint density at radius 3 is 2.85 bits per heavy atom. The van der Waals surface area contributed by atoms with Gasteiger partial charge in [-0.15, -0.1) is 11.3 Å². The van der Waals surface area contributed by atoms with Crippen molar-refractivity contribution in [1.29, 1.82) is 0 Å². The summed E-state index contributed by atoms with van der Waals surface area (Å²) in [6.45, 7) is 0.00677. The van der Waals surface area contributed by atoms with Crippen molar-refractivity contribution >= 4 is 45.5 Å². The number of ether oxygens (including phenoxy) is 3. The van der Waals surface area contributed by atoms with E-state index in [4.69, 9.17) is 25.8 Å². The lowest BCUT2D eigenvalue weighted by atomic mass is 10.1. The number of non-ortho nitro benzene ring substituents is 1. The average Bonchev–Trinajstić information content (AvgIpc) is 3.27. The number of pyridine rings is 1. The number of nitro groups is 1. The lowest BCUT2D eigenvalue weighted by Gasteiger charge is -2.20. The topological polar surface area (TPSA) is 101 Å². The van der Waals surface area contributed by atoms with Crippen molar-refractivity contribution < 1.29 is 23.9 Å². The number of nitro benzene ring substituents is 1. The second-order valence-corrected chi connectivity index (χ2v) is 8.93. The van der Waals surface area contributed by atoms with Gasteiger partial charge in [-0.3, -0.25) is 10.1 Å². The first-order valence-corrected chi connectivity index (χ1v) is 11.0. The molecule has 10 heteroatoms. The van der Waals surface area contributed by atoms with E-state index in [0.717, 1.165) is 4.88 Å². The number of aromatic nitrogens is 1. The minimum atomic E-state index is -0.579. The molecule has 3 heterocycles. The fourth-order valence-electron chi connectivity index (χ4n) is 3.64. The lowest BCUT2D eigenvalue weighted by Crippen LogP contribution is -2.15. The van der Waals surface area contributed by atoms with Gasteiger partial charge in [0.25, 0.3) is 5.69 Å². The third-order valence-corrected chi connectivity index (χ3v) is 6.36. The van der Waals surface area contributed by atoms with Gasteiger partial charge in [0.1, 0.15) is 12.4 Å². The molecule has 166 valence electrons. The number of halogens is 1. The molecule has 0 atom stereocenters. The van der Waals surface area contributed by atoms with Crippen LogP contribution < -0.4 is 4.74 Å². The van der Waals surface area contributed by atoms with Crippen LogP contribution in [0.15, 0.2) is 54.6 Å². The number of fused-ring (bicyclic) bond motifs is 2. The highest BCUT2D eigenvalue weighted by Gasteiger charge is 2.23. The van der Waals surface area contributed by atoms with Gasteiger partial charge in [0.05, 0.1) is 37.5 Å². The van der Waals surface area contributed by atoms with Gasteiger partial charge in [0.15, 0.2) is 6.79 Å². The Bertz CT molecular complexity index is 1400. The minimum Gasteiger partial charge on any atom is -0.467 e. The van der Waals surface area contributed by atoms with Crippen LogP contribution in [0.4, 0.5) is 5.69 Å². The normalized spacial score (nSPS) is 12.8. The summed E-state index contributed by atoms with van der Waals surface area (Å²) in [6.07, 6.45) is 0. The summed E-state index contributed by atoms with van der Waals surface area (Å²) in [4.78, 5) is 29.4. The predicted molar refractivity (Wildman–Crippen MR) is 123 cm³/mol. The lowest BCUT2D eigenvalue weighted by molar-refractivity contribution is -0.385. The van der Waals surface area contributed by atoms with Gasteiger partial charge in [-0.05, 0) is 24.3 Å². The van der Waals surface area contributed by atoms with E-state index in [0.29, 0.717) is 43.4 Å². The van der Waals surface area contributed by atoms with Gasteiger partial charge in [-0.1, -0.05) is 29.8 Å². The van der Waals surface area contributed by atoms with Crippen molar-refractivity contribution in [2.45, 2.75) is 13.2 Å². The Hall–Kier alpha value is -3.53. The number of thiophene rings is 1. The van der Waals surface area contributed by atoms with Crippen LogP contribution in [0.5, 0.6) is 5.75 Å². The van der Waals surface area contributed by atoms with Crippen LogP contribution in [-0.2, 0) is 22.7 Å². The van der Waals surface area contributed by atoms with Crippen LogP contribution in [0, 0.1) is 10.1 Å². The fraction of sp³-hybridized carbons (Fsp3) is 0.130. The molecule has 8 nitrogen and oxygen atoms in total. The molecule has 0 N–H and O–H groups in total. The Morgan fingerprint density at radius 2 is 2.06 bits per heavy atom. The second kappa shape index (κ2) is 8.78. The molecular formula is C23H15ClN2O6S. The van der Waals surface area contributed by atoms with Crippen LogP contribution >= 0.6 is 22.9 Å². The Kier molecular flexibility index (Phi) is 5.67. The molecule has 2 aromatic heterocycles. The number of hydrogen-bond acceptors (Lipinski definition) is 8.